The summed E-state index contributed by atoms with van der Waals surface area (Å²) in [4.78, 5) is 12.2. The number of carbonyl (C=O) groups is 1. The van der Waals surface area contributed by atoms with Crippen LogP contribution in [0.1, 0.15) is 32.3 Å². The first-order chi connectivity index (χ1) is 9.52. The van der Waals surface area contributed by atoms with E-state index < -0.39 is 6.04 Å². The molecule has 0 spiro atoms. The molecule has 0 saturated carbocycles. The number of rotatable bonds is 9. The minimum absolute atomic E-state index is 0.0188. The first kappa shape index (κ1) is 17.1. The molecule has 0 heterocycles. The molecule has 1 aromatic rings. The molecule has 2 atom stereocenters. The molecule has 2 radical (unpaired) electrons. The Morgan fingerprint density at radius 1 is 1.30 bits per heavy atom. The summed E-state index contributed by atoms with van der Waals surface area (Å²) < 4.78 is 10.8. The van der Waals surface area contributed by atoms with E-state index in [0.29, 0.717) is 18.8 Å². The van der Waals surface area contributed by atoms with Gasteiger partial charge in [0, 0.05) is 6.42 Å². The molecular weight excluding hydrogens is 268 g/mol. The molecule has 0 saturated heterocycles. The summed E-state index contributed by atoms with van der Waals surface area (Å²) in [6.07, 6.45) is 1.67. The van der Waals surface area contributed by atoms with Crippen molar-refractivity contribution in [2.24, 2.45) is 5.92 Å². The SMILES string of the molecule is [B][C@H](CC(=O)[C@H](Cc1ccccc1)NP=O)CC(C)C. The monoisotopic (exact) mass is 289 g/mol. The van der Waals surface area contributed by atoms with Crippen LogP contribution in [0.4, 0.5) is 0 Å². The van der Waals surface area contributed by atoms with Crippen LogP contribution in [0, 0.1) is 5.92 Å². The molecule has 0 amide bonds. The zero-order valence-corrected chi connectivity index (χ0v) is 13.0. The van der Waals surface area contributed by atoms with Crippen LogP contribution < -0.4 is 5.09 Å². The van der Waals surface area contributed by atoms with Gasteiger partial charge in [-0.05, 0) is 17.9 Å². The highest BCUT2D eigenvalue weighted by atomic mass is 31.1. The van der Waals surface area contributed by atoms with Crippen LogP contribution in [0.5, 0.6) is 0 Å². The number of ketones is 1. The highest BCUT2D eigenvalue weighted by molar-refractivity contribution is 7.21. The summed E-state index contributed by atoms with van der Waals surface area (Å²) in [6.45, 7) is 4.17. The van der Waals surface area contributed by atoms with Crippen LogP contribution in [0.3, 0.4) is 0 Å². The van der Waals surface area contributed by atoms with Crippen molar-refractivity contribution < 1.29 is 9.36 Å². The van der Waals surface area contributed by atoms with Gasteiger partial charge in [0.15, 0.2) is 0 Å². The quantitative estimate of drug-likeness (QED) is 0.560. The summed E-state index contributed by atoms with van der Waals surface area (Å²) in [6, 6.07) is 9.25. The van der Waals surface area contributed by atoms with E-state index >= 15 is 0 Å². The highest BCUT2D eigenvalue weighted by Gasteiger charge is 2.20. The van der Waals surface area contributed by atoms with E-state index in [-0.39, 0.29) is 20.2 Å². The molecule has 1 rings (SSSR count). The molecule has 106 valence electrons. The van der Waals surface area contributed by atoms with E-state index in [4.69, 9.17) is 7.85 Å². The predicted molar refractivity (Wildman–Crippen MR) is 83.3 cm³/mol. The van der Waals surface area contributed by atoms with E-state index in [1.165, 1.54) is 0 Å². The lowest BCUT2D eigenvalue weighted by molar-refractivity contribution is -0.120. The van der Waals surface area contributed by atoms with Crippen LogP contribution in [0.15, 0.2) is 30.3 Å². The van der Waals surface area contributed by atoms with Gasteiger partial charge in [-0.1, -0.05) is 56.4 Å². The third-order valence-electron chi connectivity index (χ3n) is 3.12. The van der Waals surface area contributed by atoms with E-state index in [2.05, 4.69) is 18.9 Å². The fraction of sp³-hybridized carbons (Fsp3) is 0.533. The topological polar surface area (TPSA) is 46.2 Å². The van der Waals surface area contributed by atoms with Gasteiger partial charge in [0.1, 0.15) is 5.78 Å². The number of hydrogen-bond acceptors (Lipinski definition) is 2. The van der Waals surface area contributed by atoms with Gasteiger partial charge < -0.3 is 0 Å². The van der Waals surface area contributed by atoms with Crippen LogP contribution in [-0.2, 0) is 15.8 Å². The Hall–Kier alpha value is -0.985. The van der Waals surface area contributed by atoms with Crippen molar-refractivity contribution in [3.05, 3.63) is 35.9 Å². The molecule has 1 aromatic carbocycles. The van der Waals surface area contributed by atoms with Crippen LogP contribution in [0.2, 0.25) is 5.82 Å². The van der Waals surface area contributed by atoms with Gasteiger partial charge in [0.25, 0.3) is 0 Å². The summed E-state index contributed by atoms with van der Waals surface area (Å²) in [7, 11) is 5.75. The van der Waals surface area contributed by atoms with Crippen LogP contribution >= 0.6 is 8.61 Å². The van der Waals surface area contributed by atoms with Gasteiger partial charge in [-0.15, -0.1) is 0 Å². The molecule has 1 N–H and O–H groups in total. The second-order valence-corrected chi connectivity index (χ2v) is 5.96. The number of hydrogen-bond donors (Lipinski definition) is 1. The second kappa shape index (κ2) is 9.04. The maximum atomic E-state index is 12.2. The zero-order chi connectivity index (χ0) is 15.0. The van der Waals surface area contributed by atoms with Gasteiger partial charge in [-0.25, -0.2) is 5.09 Å². The smallest absolute Gasteiger partial charge is 0.246 e. The molecule has 3 nitrogen and oxygen atoms in total. The molecule has 20 heavy (non-hydrogen) atoms. The fourth-order valence-corrected chi connectivity index (χ4v) is 2.60. The lowest BCUT2D eigenvalue weighted by Crippen LogP contribution is -2.34. The largest absolute Gasteiger partial charge is 0.298 e. The Balaban J connectivity index is 2.60. The van der Waals surface area contributed by atoms with Crippen molar-refractivity contribution in [3.63, 3.8) is 0 Å². The van der Waals surface area contributed by atoms with E-state index in [1.54, 1.807) is 0 Å². The molecular formula is C15H21BNO2P. The van der Waals surface area contributed by atoms with Crippen LogP contribution in [-0.4, -0.2) is 19.7 Å². The molecule has 0 aromatic heterocycles. The Kier molecular flexibility index (Phi) is 7.72. The number of Topliss-reactive ketones (excluding diaryl/α,β-unsaturated/α-hetero) is 1. The first-order valence-corrected chi connectivity index (χ1v) is 7.74. The van der Waals surface area contributed by atoms with Gasteiger partial charge in [0.2, 0.25) is 8.61 Å². The Bertz CT molecular complexity index is 425. The minimum atomic E-state index is -0.449. The van der Waals surface area contributed by atoms with Crippen molar-refractivity contribution in [3.8, 4) is 0 Å². The van der Waals surface area contributed by atoms with Gasteiger partial charge in [-0.3, -0.25) is 9.36 Å². The predicted octanol–water partition coefficient (Wildman–Crippen LogP) is 3.36. The van der Waals surface area contributed by atoms with Crippen LogP contribution in [0.25, 0.3) is 0 Å². The van der Waals surface area contributed by atoms with Crippen molar-refractivity contribution in [1.82, 2.24) is 5.09 Å². The Labute approximate surface area is 124 Å². The Morgan fingerprint density at radius 3 is 2.50 bits per heavy atom. The number of nitrogens with one attached hydrogen (secondary N) is 1. The van der Waals surface area contributed by atoms with Gasteiger partial charge in [0.05, 0.1) is 13.9 Å². The molecule has 0 bridgehead atoms. The molecule has 0 aliphatic rings. The summed E-state index contributed by atoms with van der Waals surface area (Å²) in [5.74, 6) is 0.354. The van der Waals surface area contributed by atoms with Crippen molar-refractivity contribution in [2.45, 2.75) is 45.0 Å². The molecule has 0 unspecified atom stereocenters. The molecule has 0 fully saturated rings. The maximum absolute atomic E-state index is 12.2. The first-order valence-electron chi connectivity index (χ1n) is 6.93. The molecule has 0 aliphatic heterocycles. The van der Waals surface area contributed by atoms with E-state index in [0.717, 1.165) is 12.0 Å². The zero-order valence-electron chi connectivity index (χ0n) is 12.1. The third kappa shape index (κ3) is 6.45. The second-order valence-electron chi connectivity index (χ2n) is 5.52. The highest BCUT2D eigenvalue weighted by Crippen LogP contribution is 2.20. The summed E-state index contributed by atoms with van der Waals surface area (Å²) >= 11 is 0. The Morgan fingerprint density at radius 2 is 1.95 bits per heavy atom. The number of carbonyl (C=O) groups excluding carboxylic acids is 1. The number of benzene rings is 1. The summed E-state index contributed by atoms with van der Waals surface area (Å²) in [5, 5.41) is 2.70. The average molecular weight is 289 g/mol. The lowest BCUT2D eigenvalue weighted by atomic mass is 9.76. The molecule has 0 aliphatic carbocycles. The minimum Gasteiger partial charge on any atom is -0.298 e. The lowest BCUT2D eigenvalue weighted by Gasteiger charge is -2.18. The van der Waals surface area contributed by atoms with Crippen molar-refractivity contribution in [2.75, 3.05) is 0 Å². The fourth-order valence-electron chi connectivity index (χ4n) is 2.23. The standard InChI is InChI=1S/C15H21BNO2P/c1-11(2)8-13(16)10-15(18)14(17-20-19)9-12-6-4-3-5-7-12/h3-7,11,13-14H,8-10H2,1-2H3,(H,17,19)/t13-,14-/m0/s1. The summed E-state index contributed by atoms with van der Waals surface area (Å²) in [5.41, 5.74) is 1.04. The normalized spacial score (nSPS) is 14.3. The van der Waals surface area contributed by atoms with Gasteiger partial charge >= 0.3 is 0 Å². The van der Waals surface area contributed by atoms with Crippen molar-refractivity contribution in [1.29, 1.82) is 0 Å². The van der Waals surface area contributed by atoms with Gasteiger partial charge in [-0.2, -0.15) is 0 Å². The average Bonchev–Trinajstić information content (AvgIpc) is 2.38. The third-order valence-corrected chi connectivity index (χ3v) is 3.53. The van der Waals surface area contributed by atoms with E-state index in [9.17, 15) is 9.36 Å². The molecule has 5 heteroatoms. The van der Waals surface area contributed by atoms with Crippen molar-refractivity contribution >= 4 is 22.2 Å². The van der Waals surface area contributed by atoms with E-state index in [1.807, 2.05) is 30.3 Å². The maximum Gasteiger partial charge on any atom is 0.246 e.